The van der Waals surface area contributed by atoms with Gasteiger partial charge in [0.05, 0.1) is 13.1 Å². The van der Waals surface area contributed by atoms with Crippen LogP contribution in [-0.4, -0.2) is 65.0 Å². The summed E-state index contributed by atoms with van der Waals surface area (Å²) < 4.78 is 2.23. The van der Waals surface area contributed by atoms with Gasteiger partial charge in [0, 0.05) is 57.3 Å². The van der Waals surface area contributed by atoms with Crippen molar-refractivity contribution in [2.45, 2.75) is 26.4 Å². The lowest BCUT2D eigenvalue weighted by atomic mass is 10.2. The lowest BCUT2D eigenvalue weighted by molar-refractivity contribution is -0.119. The fraction of sp³-hybridized carbons (Fsp3) is 0.500. The summed E-state index contributed by atoms with van der Waals surface area (Å²) >= 11 is 0. The zero-order valence-corrected chi connectivity index (χ0v) is 16.0. The molecule has 0 unspecified atom stereocenters. The molecule has 0 radical (unpaired) electrons. The largest absolute Gasteiger partial charge is 0.331 e. The van der Waals surface area contributed by atoms with Crippen LogP contribution in [0.2, 0.25) is 0 Å². The second-order valence-corrected chi connectivity index (χ2v) is 7.19. The summed E-state index contributed by atoms with van der Waals surface area (Å²) in [6.07, 6.45) is 3.93. The Labute approximate surface area is 156 Å². The summed E-state index contributed by atoms with van der Waals surface area (Å²) in [7, 11) is 1.85. The molecule has 0 saturated carbocycles. The van der Waals surface area contributed by atoms with Crippen molar-refractivity contribution in [2.24, 2.45) is 0 Å². The number of hydrogen-bond acceptors (Lipinski definition) is 4. The zero-order chi connectivity index (χ0) is 18.5. The van der Waals surface area contributed by atoms with Crippen molar-refractivity contribution in [3.05, 3.63) is 48.5 Å². The number of benzene rings is 1. The Morgan fingerprint density at radius 1 is 1.12 bits per heavy atom. The molecule has 1 aromatic heterocycles. The Hall–Kier alpha value is -2.18. The first kappa shape index (κ1) is 18.6. The van der Waals surface area contributed by atoms with Gasteiger partial charge >= 0.3 is 0 Å². The number of imidazole rings is 1. The lowest BCUT2D eigenvalue weighted by Gasteiger charge is -2.35. The molecule has 3 rings (SSSR count). The minimum atomic E-state index is 0.139. The quantitative estimate of drug-likeness (QED) is 0.797. The molecule has 1 saturated heterocycles. The van der Waals surface area contributed by atoms with Crippen molar-refractivity contribution >= 4 is 11.6 Å². The first-order chi connectivity index (χ1) is 12.5. The molecule has 1 aliphatic rings. The molecule has 6 heteroatoms. The normalized spacial score (nSPS) is 16.2. The van der Waals surface area contributed by atoms with Crippen LogP contribution in [0.1, 0.15) is 25.7 Å². The molecule has 26 heavy (non-hydrogen) atoms. The van der Waals surface area contributed by atoms with E-state index >= 15 is 0 Å². The predicted octanol–water partition coefficient (Wildman–Crippen LogP) is 2.24. The van der Waals surface area contributed by atoms with E-state index in [0.717, 1.165) is 44.2 Å². The van der Waals surface area contributed by atoms with E-state index in [-0.39, 0.29) is 5.91 Å². The minimum absolute atomic E-state index is 0.139. The zero-order valence-electron chi connectivity index (χ0n) is 16.0. The molecule has 1 fully saturated rings. The Morgan fingerprint density at radius 3 is 2.42 bits per heavy atom. The molecule has 2 heterocycles. The van der Waals surface area contributed by atoms with Crippen LogP contribution >= 0.6 is 0 Å². The molecule has 0 aliphatic carbocycles. The summed E-state index contributed by atoms with van der Waals surface area (Å²) in [5.41, 5.74) is 0.941. The number of piperazine rings is 1. The van der Waals surface area contributed by atoms with Gasteiger partial charge in [-0.05, 0) is 26.0 Å². The second kappa shape index (κ2) is 8.47. The number of aromatic nitrogens is 2. The fourth-order valence-electron chi connectivity index (χ4n) is 3.34. The number of carbonyl (C=O) groups excluding carboxylic acids is 1. The van der Waals surface area contributed by atoms with Crippen LogP contribution in [0.15, 0.2) is 42.7 Å². The maximum atomic E-state index is 12.5. The van der Waals surface area contributed by atoms with Crippen LogP contribution in [0.25, 0.3) is 0 Å². The maximum absolute atomic E-state index is 12.5. The van der Waals surface area contributed by atoms with Crippen LogP contribution in [-0.2, 0) is 11.3 Å². The van der Waals surface area contributed by atoms with Gasteiger partial charge in [0.1, 0.15) is 5.82 Å². The van der Waals surface area contributed by atoms with Crippen LogP contribution in [0.4, 0.5) is 5.69 Å². The summed E-state index contributed by atoms with van der Waals surface area (Å²) in [6.45, 7) is 9.46. The van der Waals surface area contributed by atoms with Crippen molar-refractivity contribution in [3.63, 3.8) is 0 Å². The summed E-state index contributed by atoms with van der Waals surface area (Å²) in [6, 6.07) is 10.2. The number of nitrogens with zero attached hydrogens (tertiary/aromatic N) is 5. The summed E-state index contributed by atoms with van der Waals surface area (Å²) in [5.74, 6) is 1.26. The van der Waals surface area contributed by atoms with E-state index in [2.05, 4.69) is 33.2 Å². The third kappa shape index (κ3) is 4.51. The number of para-hydroxylation sites is 1. The van der Waals surface area contributed by atoms with Gasteiger partial charge in [-0.3, -0.25) is 14.6 Å². The van der Waals surface area contributed by atoms with E-state index in [1.54, 1.807) is 4.90 Å². The van der Waals surface area contributed by atoms with Crippen LogP contribution in [0.3, 0.4) is 0 Å². The molecule has 2 aromatic rings. The fourth-order valence-corrected chi connectivity index (χ4v) is 3.34. The SMILES string of the molecule is CC(C)n1ccnc1CN1CCN(CC(=O)N(C)c2ccccc2)CC1. The maximum Gasteiger partial charge on any atom is 0.240 e. The lowest BCUT2D eigenvalue weighted by Crippen LogP contribution is -2.49. The Morgan fingerprint density at radius 2 is 1.77 bits per heavy atom. The molecule has 0 atom stereocenters. The second-order valence-electron chi connectivity index (χ2n) is 7.19. The van der Waals surface area contributed by atoms with Gasteiger partial charge < -0.3 is 9.47 Å². The molecule has 6 nitrogen and oxygen atoms in total. The molecule has 1 amide bonds. The summed E-state index contributed by atoms with van der Waals surface area (Å²) in [5, 5.41) is 0. The van der Waals surface area contributed by atoms with Crippen LogP contribution in [0, 0.1) is 0 Å². The Kier molecular flexibility index (Phi) is 6.06. The number of hydrogen-bond donors (Lipinski definition) is 0. The van der Waals surface area contributed by atoms with Gasteiger partial charge in [0.2, 0.25) is 5.91 Å². The number of likely N-dealkylation sites (N-methyl/N-ethyl adjacent to an activating group) is 1. The molecule has 0 N–H and O–H groups in total. The Balaban J connectivity index is 1.48. The van der Waals surface area contributed by atoms with Gasteiger partial charge in [-0.2, -0.15) is 0 Å². The average molecular weight is 355 g/mol. The van der Waals surface area contributed by atoms with E-state index < -0.39 is 0 Å². The van der Waals surface area contributed by atoms with Gasteiger partial charge in [-0.1, -0.05) is 18.2 Å². The standard InChI is InChI=1S/C20H29N5O/c1-17(2)25-10-9-21-19(25)15-23-11-13-24(14-12-23)16-20(26)22(3)18-7-5-4-6-8-18/h4-10,17H,11-16H2,1-3H3. The molecular formula is C20H29N5O. The molecule has 140 valence electrons. The van der Waals surface area contributed by atoms with E-state index in [1.165, 1.54) is 0 Å². The highest BCUT2D eigenvalue weighted by Gasteiger charge is 2.22. The number of amides is 1. The molecule has 1 aliphatic heterocycles. The van der Waals surface area contributed by atoms with Crippen molar-refractivity contribution in [2.75, 3.05) is 44.7 Å². The Bertz CT molecular complexity index is 704. The highest BCUT2D eigenvalue weighted by Crippen LogP contribution is 2.14. The molecular weight excluding hydrogens is 326 g/mol. The first-order valence-corrected chi connectivity index (χ1v) is 9.32. The topological polar surface area (TPSA) is 44.6 Å². The van der Waals surface area contributed by atoms with E-state index in [0.29, 0.717) is 12.6 Å². The number of anilines is 1. The average Bonchev–Trinajstić information content (AvgIpc) is 3.12. The number of rotatable bonds is 6. The smallest absolute Gasteiger partial charge is 0.240 e. The third-order valence-electron chi connectivity index (χ3n) is 5.01. The molecule has 0 bridgehead atoms. The first-order valence-electron chi connectivity index (χ1n) is 9.32. The van der Waals surface area contributed by atoms with Crippen LogP contribution in [0.5, 0.6) is 0 Å². The third-order valence-corrected chi connectivity index (χ3v) is 5.01. The minimum Gasteiger partial charge on any atom is -0.331 e. The van der Waals surface area contributed by atoms with Crippen LogP contribution < -0.4 is 4.90 Å². The molecule has 0 spiro atoms. The van der Waals surface area contributed by atoms with Crippen molar-refractivity contribution in [1.82, 2.24) is 19.4 Å². The van der Waals surface area contributed by atoms with E-state index in [4.69, 9.17) is 0 Å². The highest BCUT2D eigenvalue weighted by molar-refractivity contribution is 5.94. The van der Waals surface area contributed by atoms with Crippen molar-refractivity contribution in [1.29, 1.82) is 0 Å². The summed E-state index contributed by atoms with van der Waals surface area (Å²) in [4.78, 5) is 23.4. The predicted molar refractivity (Wildman–Crippen MR) is 104 cm³/mol. The molecule has 1 aromatic carbocycles. The van der Waals surface area contributed by atoms with Crippen molar-refractivity contribution < 1.29 is 4.79 Å². The van der Waals surface area contributed by atoms with E-state index in [9.17, 15) is 4.79 Å². The number of carbonyl (C=O) groups is 1. The monoisotopic (exact) mass is 355 g/mol. The van der Waals surface area contributed by atoms with Gasteiger partial charge in [0.15, 0.2) is 0 Å². The van der Waals surface area contributed by atoms with Crippen molar-refractivity contribution in [3.8, 4) is 0 Å². The van der Waals surface area contributed by atoms with Gasteiger partial charge in [-0.25, -0.2) is 4.98 Å². The highest BCUT2D eigenvalue weighted by atomic mass is 16.2. The van der Waals surface area contributed by atoms with Gasteiger partial charge in [-0.15, -0.1) is 0 Å². The van der Waals surface area contributed by atoms with E-state index in [1.807, 2.05) is 49.8 Å². The van der Waals surface area contributed by atoms with Gasteiger partial charge in [0.25, 0.3) is 0 Å².